The Kier molecular flexibility index (Phi) is 3.47. The lowest BCUT2D eigenvalue weighted by Gasteiger charge is -2.33. The van der Waals surface area contributed by atoms with E-state index in [4.69, 9.17) is 0 Å². The van der Waals surface area contributed by atoms with Crippen molar-refractivity contribution >= 4 is 0 Å². The van der Waals surface area contributed by atoms with E-state index in [2.05, 4.69) is 42.2 Å². The molecule has 1 aromatic heterocycles. The Morgan fingerprint density at radius 2 is 2.27 bits per heavy atom. The highest BCUT2D eigenvalue weighted by molar-refractivity contribution is 5.10. The van der Waals surface area contributed by atoms with E-state index in [0.717, 1.165) is 25.0 Å². The fourth-order valence-corrected chi connectivity index (χ4v) is 2.32. The first kappa shape index (κ1) is 10.7. The summed E-state index contributed by atoms with van der Waals surface area (Å²) < 4.78 is 2.28. The van der Waals surface area contributed by atoms with Gasteiger partial charge in [0.05, 0.1) is 0 Å². The summed E-state index contributed by atoms with van der Waals surface area (Å²) in [5.74, 6) is 0.937. The van der Waals surface area contributed by atoms with Crippen LogP contribution in [0.25, 0.3) is 0 Å². The highest BCUT2D eigenvalue weighted by Gasteiger charge is 2.24. The summed E-state index contributed by atoms with van der Waals surface area (Å²) in [4.78, 5) is 0. The molecule has 84 valence electrons. The fraction of sp³-hybridized carbons (Fsp3) is 0.692. The third-order valence-corrected chi connectivity index (χ3v) is 3.26. The second-order valence-electron chi connectivity index (χ2n) is 4.91. The lowest BCUT2D eigenvalue weighted by atomic mass is 9.82. The summed E-state index contributed by atoms with van der Waals surface area (Å²) in [5.41, 5.74) is 1.42. The largest absolute Gasteiger partial charge is 0.354 e. The molecule has 1 heterocycles. The van der Waals surface area contributed by atoms with Crippen LogP contribution in [0.15, 0.2) is 18.5 Å². The predicted octanol–water partition coefficient (Wildman–Crippen LogP) is 2.79. The van der Waals surface area contributed by atoms with Crippen LogP contribution in [0.5, 0.6) is 0 Å². The van der Waals surface area contributed by atoms with Crippen LogP contribution in [-0.4, -0.2) is 10.6 Å². The average molecular weight is 206 g/mol. The maximum atomic E-state index is 3.61. The zero-order valence-corrected chi connectivity index (χ0v) is 9.87. The minimum Gasteiger partial charge on any atom is -0.354 e. The van der Waals surface area contributed by atoms with Gasteiger partial charge in [0.1, 0.15) is 0 Å². The minimum atomic E-state index is 0.773. The van der Waals surface area contributed by atoms with Crippen LogP contribution < -0.4 is 5.32 Å². The van der Waals surface area contributed by atoms with Gasteiger partial charge in [0.15, 0.2) is 0 Å². The van der Waals surface area contributed by atoms with E-state index in [1.54, 1.807) is 0 Å². The normalized spacial score (nSPS) is 25.2. The average Bonchev–Trinajstić information content (AvgIpc) is 2.59. The van der Waals surface area contributed by atoms with Gasteiger partial charge >= 0.3 is 0 Å². The smallest absolute Gasteiger partial charge is 0.0223 e. The second-order valence-corrected chi connectivity index (χ2v) is 4.91. The predicted molar refractivity (Wildman–Crippen MR) is 63.7 cm³/mol. The van der Waals surface area contributed by atoms with Crippen LogP contribution in [0.4, 0.5) is 0 Å². The van der Waals surface area contributed by atoms with Crippen molar-refractivity contribution < 1.29 is 0 Å². The second kappa shape index (κ2) is 4.84. The Labute approximate surface area is 92.7 Å². The van der Waals surface area contributed by atoms with E-state index < -0.39 is 0 Å². The molecule has 2 nitrogen and oxygen atoms in total. The third kappa shape index (κ3) is 2.85. The van der Waals surface area contributed by atoms with Gasteiger partial charge in [-0.3, -0.25) is 0 Å². The molecule has 0 unspecified atom stereocenters. The molecule has 1 aliphatic carbocycles. The maximum Gasteiger partial charge on any atom is 0.0223 e. The molecule has 2 rings (SSSR count). The summed E-state index contributed by atoms with van der Waals surface area (Å²) in [6.07, 6.45) is 8.37. The zero-order chi connectivity index (χ0) is 10.7. The first-order valence-corrected chi connectivity index (χ1v) is 6.16. The SMILES string of the molecule is CCCn1ccc(CNC2CC(C)C2)c1. The van der Waals surface area contributed by atoms with E-state index in [1.165, 1.54) is 24.8 Å². The Bertz CT molecular complexity index is 297. The first-order chi connectivity index (χ1) is 7.28. The van der Waals surface area contributed by atoms with Gasteiger partial charge in [-0.1, -0.05) is 13.8 Å². The van der Waals surface area contributed by atoms with Crippen LogP contribution in [0.3, 0.4) is 0 Å². The van der Waals surface area contributed by atoms with Crippen molar-refractivity contribution in [3.63, 3.8) is 0 Å². The number of hydrogen-bond donors (Lipinski definition) is 1. The molecule has 0 radical (unpaired) electrons. The molecule has 0 saturated heterocycles. The molecule has 0 amide bonds. The zero-order valence-electron chi connectivity index (χ0n) is 9.87. The van der Waals surface area contributed by atoms with Crippen molar-refractivity contribution in [2.45, 2.75) is 52.2 Å². The molecule has 1 aromatic rings. The van der Waals surface area contributed by atoms with Gasteiger partial charge in [-0.05, 0) is 36.8 Å². The van der Waals surface area contributed by atoms with E-state index in [0.29, 0.717) is 0 Å². The number of aryl methyl sites for hydroxylation is 1. The van der Waals surface area contributed by atoms with Gasteiger partial charge < -0.3 is 9.88 Å². The van der Waals surface area contributed by atoms with Crippen molar-refractivity contribution in [2.75, 3.05) is 0 Å². The lowest BCUT2D eigenvalue weighted by molar-refractivity contribution is 0.240. The summed E-state index contributed by atoms with van der Waals surface area (Å²) in [7, 11) is 0. The van der Waals surface area contributed by atoms with Gasteiger partial charge in [-0.25, -0.2) is 0 Å². The first-order valence-electron chi connectivity index (χ1n) is 6.16. The standard InChI is InChI=1S/C13H22N2/c1-3-5-15-6-4-12(10-15)9-14-13-7-11(2)8-13/h4,6,10-11,13-14H,3,5,7-9H2,1-2H3. The highest BCUT2D eigenvalue weighted by atomic mass is 15.0. The van der Waals surface area contributed by atoms with E-state index in [9.17, 15) is 0 Å². The molecule has 0 aliphatic heterocycles. The Hall–Kier alpha value is -0.760. The molecule has 0 aromatic carbocycles. The molecule has 0 spiro atoms. The number of rotatable bonds is 5. The molecule has 1 N–H and O–H groups in total. The maximum absolute atomic E-state index is 3.61. The lowest BCUT2D eigenvalue weighted by Crippen LogP contribution is -2.39. The van der Waals surface area contributed by atoms with Gasteiger partial charge in [-0.2, -0.15) is 0 Å². The Balaban J connectivity index is 1.73. The van der Waals surface area contributed by atoms with Crippen LogP contribution in [0.2, 0.25) is 0 Å². The van der Waals surface area contributed by atoms with Crippen LogP contribution in [-0.2, 0) is 13.1 Å². The molecule has 0 bridgehead atoms. The summed E-state index contributed by atoms with van der Waals surface area (Å²) in [6, 6.07) is 3.00. The fourth-order valence-electron chi connectivity index (χ4n) is 2.32. The topological polar surface area (TPSA) is 17.0 Å². The number of nitrogens with one attached hydrogen (secondary N) is 1. The molecular formula is C13H22N2. The summed E-state index contributed by atoms with van der Waals surface area (Å²) in [6.45, 7) is 6.72. The van der Waals surface area contributed by atoms with E-state index in [-0.39, 0.29) is 0 Å². The molecule has 2 heteroatoms. The van der Waals surface area contributed by atoms with Crippen molar-refractivity contribution in [1.82, 2.24) is 9.88 Å². The van der Waals surface area contributed by atoms with Crippen LogP contribution in [0, 0.1) is 5.92 Å². The van der Waals surface area contributed by atoms with Gasteiger partial charge in [0.25, 0.3) is 0 Å². The number of aromatic nitrogens is 1. The summed E-state index contributed by atoms with van der Waals surface area (Å²) in [5, 5.41) is 3.61. The Morgan fingerprint density at radius 3 is 2.93 bits per heavy atom. The Morgan fingerprint density at radius 1 is 1.47 bits per heavy atom. The summed E-state index contributed by atoms with van der Waals surface area (Å²) >= 11 is 0. The van der Waals surface area contributed by atoms with E-state index in [1.807, 2.05) is 0 Å². The monoisotopic (exact) mass is 206 g/mol. The van der Waals surface area contributed by atoms with Crippen molar-refractivity contribution in [1.29, 1.82) is 0 Å². The van der Waals surface area contributed by atoms with Gasteiger partial charge in [0.2, 0.25) is 0 Å². The molecule has 1 aliphatic rings. The minimum absolute atomic E-state index is 0.773. The third-order valence-electron chi connectivity index (χ3n) is 3.26. The van der Waals surface area contributed by atoms with Crippen molar-refractivity contribution in [2.24, 2.45) is 5.92 Å². The van der Waals surface area contributed by atoms with Crippen LogP contribution in [0.1, 0.15) is 38.7 Å². The molecule has 0 atom stereocenters. The molecule has 1 fully saturated rings. The van der Waals surface area contributed by atoms with Crippen molar-refractivity contribution in [3.05, 3.63) is 24.0 Å². The quantitative estimate of drug-likeness (QED) is 0.784. The molecular weight excluding hydrogens is 184 g/mol. The molecule has 15 heavy (non-hydrogen) atoms. The molecule has 1 saturated carbocycles. The number of hydrogen-bond acceptors (Lipinski definition) is 1. The van der Waals surface area contributed by atoms with Crippen LogP contribution >= 0.6 is 0 Å². The highest BCUT2D eigenvalue weighted by Crippen LogP contribution is 2.26. The number of nitrogens with zero attached hydrogens (tertiary/aromatic N) is 1. The van der Waals surface area contributed by atoms with Crippen molar-refractivity contribution in [3.8, 4) is 0 Å². The van der Waals surface area contributed by atoms with Gasteiger partial charge in [0, 0.05) is 31.5 Å². The van der Waals surface area contributed by atoms with E-state index >= 15 is 0 Å². The van der Waals surface area contributed by atoms with Gasteiger partial charge in [-0.15, -0.1) is 0 Å².